The van der Waals surface area contributed by atoms with E-state index in [-0.39, 0.29) is 13.4 Å². The third-order valence-corrected chi connectivity index (χ3v) is 1.73. The SMILES string of the molecule is NC(=O)COc1ccc2c(c1)OCO2. The quantitative estimate of drug-likeness (QED) is 0.751. The minimum atomic E-state index is -0.511. The molecule has 1 aliphatic rings. The lowest BCUT2D eigenvalue weighted by Crippen LogP contribution is -2.19. The summed E-state index contributed by atoms with van der Waals surface area (Å²) in [6.07, 6.45) is 0. The Morgan fingerprint density at radius 1 is 1.43 bits per heavy atom. The maximum Gasteiger partial charge on any atom is 0.255 e. The molecule has 2 rings (SSSR count). The van der Waals surface area contributed by atoms with Gasteiger partial charge in [0, 0.05) is 6.07 Å². The summed E-state index contributed by atoms with van der Waals surface area (Å²) >= 11 is 0. The highest BCUT2D eigenvalue weighted by Gasteiger charge is 2.13. The molecule has 5 heteroatoms. The van der Waals surface area contributed by atoms with Crippen LogP contribution >= 0.6 is 0 Å². The highest BCUT2D eigenvalue weighted by atomic mass is 16.7. The van der Waals surface area contributed by atoms with Crippen LogP contribution < -0.4 is 19.9 Å². The minimum Gasteiger partial charge on any atom is -0.484 e. The molecule has 1 amide bonds. The normalized spacial score (nSPS) is 12.6. The Labute approximate surface area is 80.4 Å². The van der Waals surface area contributed by atoms with Crippen molar-refractivity contribution in [2.75, 3.05) is 13.4 Å². The molecular weight excluding hydrogens is 186 g/mol. The number of nitrogens with two attached hydrogens (primary N) is 1. The summed E-state index contributed by atoms with van der Waals surface area (Å²) in [6.45, 7) is 0.0776. The van der Waals surface area contributed by atoms with Gasteiger partial charge in [-0.2, -0.15) is 0 Å². The standard InChI is InChI=1S/C9H9NO4/c10-9(11)4-12-6-1-2-7-8(3-6)14-5-13-7/h1-3H,4-5H2,(H2,10,11). The molecule has 1 aliphatic heterocycles. The van der Waals surface area contributed by atoms with E-state index in [9.17, 15) is 4.79 Å². The monoisotopic (exact) mass is 195 g/mol. The van der Waals surface area contributed by atoms with Crippen molar-refractivity contribution >= 4 is 5.91 Å². The number of carbonyl (C=O) groups excluding carboxylic acids is 1. The van der Waals surface area contributed by atoms with Gasteiger partial charge in [-0.1, -0.05) is 0 Å². The van der Waals surface area contributed by atoms with Crippen LogP contribution in [0.5, 0.6) is 17.2 Å². The lowest BCUT2D eigenvalue weighted by atomic mass is 10.3. The molecule has 0 aromatic heterocycles. The van der Waals surface area contributed by atoms with Gasteiger partial charge in [-0.25, -0.2) is 0 Å². The number of primary amides is 1. The Hall–Kier alpha value is -1.91. The van der Waals surface area contributed by atoms with E-state index in [1.165, 1.54) is 0 Å². The molecule has 0 aliphatic carbocycles. The summed E-state index contributed by atoms with van der Waals surface area (Å²) < 4.78 is 15.3. The van der Waals surface area contributed by atoms with Crippen molar-refractivity contribution < 1.29 is 19.0 Å². The molecule has 1 heterocycles. The summed E-state index contributed by atoms with van der Waals surface area (Å²) in [5.41, 5.74) is 4.93. The van der Waals surface area contributed by atoms with E-state index in [0.717, 1.165) is 0 Å². The molecule has 0 saturated heterocycles. The van der Waals surface area contributed by atoms with Gasteiger partial charge in [0.25, 0.3) is 5.91 Å². The molecule has 5 nitrogen and oxygen atoms in total. The Morgan fingerprint density at radius 3 is 3.00 bits per heavy atom. The fraction of sp³-hybridized carbons (Fsp3) is 0.222. The smallest absolute Gasteiger partial charge is 0.255 e. The van der Waals surface area contributed by atoms with Crippen LogP contribution in [-0.2, 0) is 4.79 Å². The molecule has 0 fully saturated rings. The molecule has 0 unspecified atom stereocenters. The maximum absolute atomic E-state index is 10.4. The number of hydrogen-bond donors (Lipinski definition) is 1. The van der Waals surface area contributed by atoms with Gasteiger partial charge in [0.2, 0.25) is 6.79 Å². The van der Waals surface area contributed by atoms with E-state index < -0.39 is 5.91 Å². The van der Waals surface area contributed by atoms with E-state index in [4.69, 9.17) is 19.9 Å². The molecule has 1 aromatic carbocycles. The van der Waals surface area contributed by atoms with Crippen molar-refractivity contribution in [1.82, 2.24) is 0 Å². The van der Waals surface area contributed by atoms with Crippen LogP contribution in [0.3, 0.4) is 0 Å². The van der Waals surface area contributed by atoms with Gasteiger partial charge in [-0.15, -0.1) is 0 Å². The molecule has 74 valence electrons. The topological polar surface area (TPSA) is 70.8 Å². The fourth-order valence-electron chi connectivity index (χ4n) is 1.12. The van der Waals surface area contributed by atoms with Crippen molar-refractivity contribution in [3.8, 4) is 17.2 Å². The number of amides is 1. The van der Waals surface area contributed by atoms with Crippen LogP contribution in [0.2, 0.25) is 0 Å². The number of carbonyl (C=O) groups is 1. The summed E-state index contributed by atoms with van der Waals surface area (Å²) in [7, 11) is 0. The van der Waals surface area contributed by atoms with Gasteiger partial charge < -0.3 is 19.9 Å². The third kappa shape index (κ3) is 1.71. The van der Waals surface area contributed by atoms with E-state index >= 15 is 0 Å². The second-order valence-electron chi connectivity index (χ2n) is 2.77. The van der Waals surface area contributed by atoms with Crippen LogP contribution in [0.25, 0.3) is 0 Å². The lowest BCUT2D eigenvalue weighted by Gasteiger charge is -2.03. The van der Waals surface area contributed by atoms with Crippen LogP contribution in [0.1, 0.15) is 0 Å². The molecule has 0 saturated carbocycles. The Balaban J connectivity index is 2.09. The van der Waals surface area contributed by atoms with Gasteiger partial charge >= 0.3 is 0 Å². The number of hydrogen-bond acceptors (Lipinski definition) is 4. The number of fused-ring (bicyclic) bond motifs is 1. The summed E-state index contributed by atoms with van der Waals surface area (Å²) in [6, 6.07) is 5.07. The van der Waals surface area contributed by atoms with Gasteiger partial charge in [-0.3, -0.25) is 4.79 Å². The first-order valence-electron chi connectivity index (χ1n) is 4.06. The second kappa shape index (κ2) is 3.45. The van der Waals surface area contributed by atoms with Crippen LogP contribution in [0, 0.1) is 0 Å². The molecule has 2 N–H and O–H groups in total. The van der Waals surface area contributed by atoms with Crippen molar-refractivity contribution in [3.63, 3.8) is 0 Å². The van der Waals surface area contributed by atoms with Crippen molar-refractivity contribution in [2.24, 2.45) is 5.73 Å². The maximum atomic E-state index is 10.4. The third-order valence-electron chi connectivity index (χ3n) is 1.73. The first kappa shape index (κ1) is 8.68. The van der Waals surface area contributed by atoms with Gasteiger partial charge in [0.05, 0.1) is 0 Å². The van der Waals surface area contributed by atoms with E-state index in [2.05, 4.69) is 0 Å². The lowest BCUT2D eigenvalue weighted by molar-refractivity contribution is -0.119. The van der Waals surface area contributed by atoms with Gasteiger partial charge in [0.15, 0.2) is 18.1 Å². The molecular formula is C9H9NO4. The van der Waals surface area contributed by atoms with E-state index in [1.54, 1.807) is 18.2 Å². The van der Waals surface area contributed by atoms with Gasteiger partial charge in [-0.05, 0) is 12.1 Å². The zero-order valence-corrected chi connectivity index (χ0v) is 7.36. The predicted octanol–water partition coefficient (Wildman–Crippen LogP) is 0.279. The highest BCUT2D eigenvalue weighted by molar-refractivity contribution is 5.75. The van der Waals surface area contributed by atoms with E-state index in [0.29, 0.717) is 17.2 Å². The molecule has 0 spiro atoms. The van der Waals surface area contributed by atoms with E-state index in [1.807, 2.05) is 0 Å². The van der Waals surface area contributed by atoms with Gasteiger partial charge in [0.1, 0.15) is 5.75 Å². The Bertz CT molecular complexity index is 364. The summed E-state index contributed by atoms with van der Waals surface area (Å²) in [5, 5.41) is 0. The summed E-state index contributed by atoms with van der Waals surface area (Å²) in [5.74, 6) is 1.32. The average molecular weight is 195 g/mol. The average Bonchev–Trinajstić information content (AvgIpc) is 2.61. The minimum absolute atomic E-state index is 0.139. The molecule has 0 radical (unpaired) electrons. The van der Waals surface area contributed by atoms with Crippen LogP contribution in [0.15, 0.2) is 18.2 Å². The zero-order chi connectivity index (χ0) is 9.97. The fourth-order valence-corrected chi connectivity index (χ4v) is 1.12. The second-order valence-corrected chi connectivity index (χ2v) is 2.77. The molecule has 14 heavy (non-hydrogen) atoms. The number of ether oxygens (including phenoxy) is 3. The van der Waals surface area contributed by atoms with Crippen molar-refractivity contribution in [2.45, 2.75) is 0 Å². The Morgan fingerprint density at radius 2 is 2.21 bits per heavy atom. The number of benzene rings is 1. The van der Waals surface area contributed by atoms with Crippen molar-refractivity contribution in [3.05, 3.63) is 18.2 Å². The number of rotatable bonds is 3. The first-order valence-corrected chi connectivity index (χ1v) is 4.06. The first-order chi connectivity index (χ1) is 6.75. The predicted molar refractivity (Wildman–Crippen MR) is 47.3 cm³/mol. The van der Waals surface area contributed by atoms with Crippen LogP contribution in [0.4, 0.5) is 0 Å². The molecule has 0 bridgehead atoms. The highest BCUT2D eigenvalue weighted by Crippen LogP contribution is 2.34. The zero-order valence-electron chi connectivity index (χ0n) is 7.36. The largest absolute Gasteiger partial charge is 0.484 e. The Kier molecular flexibility index (Phi) is 2.14. The molecule has 0 atom stereocenters. The molecule has 1 aromatic rings. The van der Waals surface area contributed by atoms with Crippen LogP contribution in [-0.4, -0.2) is 19.3 Å². The summed E-state index contributed by atoms with van der Waals surface area (Å²) in [4.78, 5) is 10.4. The van der Waals surface area contributed by atoms with Crippen molar-refractivity contribution in [1.29, 1.82) is 0 Å².